The molecule has 0 saturated carbocycles. The van der Waals surface area contributed by atoms with E-state index >= 15 is 0 Å². The molecule has 8 heteroatoms. The van der Waals surface area contributed by atoms with Crippen molar-refractivity contribution in [1.29, 1.82) is 0 Å². The molecule has 2 heterocycles. The Hall–Kier alpha value is -3.52. The summed E-state index contributed by atoms with van der Waals surface area (Å²) < 4.78 is 21.8. The number of carbonyl (C=O) groups is 1. The van der Waals surface area contributed by atoms with Crippen molar-refractivity contribution in [3.8, 4) is 23.0 Å². The van der Waals surface area contributed by atoms with Crippen molar-refractivity contribution in [2.45, 2.75) is 25.7 Å². The van der Waals surface area contributed by atoms with Crippen molar-refractivity contribution in [2.75, 3.05) is 61.7 Å². The SMILES string of the molecule is COc1cc2c(cc1OC)CC(=O)N(CCCN(C)CCc1cncc3cc(OC)c(OC)cc13)CC2. The molecule has 3 aromatic rings. The first-order valence-corrected chi connectivity index (χ1v) is 12.7. The predicted molar refractivity (Wildman–Crippen MR) is 144 cm³/mol. The van der Waals surface area contributed by atoms with Gasteiger partial charge < -0.3 is 28.7 Å². The largest absolute Gasteiger partial charge is 0.493 e. The molecule has 1 aliphatic heterocycles. The Bertz CT molecular complexity index is 1250. The molecule has 0 unspecified atom stereocenters. The highest BCUT2D eigenvalue weighted by Crippen LogP contribution is 2.34. The molecule has 4 rings (SSSR count). The molecular weight excluding hydrogens is 470 g/mol. The van der Waals surface area contributed by atoms with Crippen LogP contribution < -0.4 is 18.9 Å². The molecule has 1 aliphatic rings. The number of nitrogens with zero attached hydrogens (tertiary/aromatic N) is 3. The van der Waals surface area contributed by atoms with Gasteiger partial charge in [-0.2, -0.15) is 0 Å². The summed E-state index contributed by atoms with van der Waals surface area (Å²) in [5.74, 6) is 2.97. The third-order valence-electron chi connectivity index (χ3n) is 7.13. The van der Waals surface area contributed by atoms with Crippen LogP contribution in [0.1, 0.15) is 23.1 Å². The maximum atomic E-state index is 13.0. The van der Waals surface area contributed by atoms with Crippen LogP contribution in [0.25, 0.3) is 10.8 Å². The Morgan fingerprint density at radius 3 is 2.22 bits per heavy atom. The molecule has 8 nitrogen and oxygen atoms in total. The van der Waals surface area contributed by atoms with E-state index in [1.165, 1.54) is 5.56 Å². The fourth-order valence-electron chi connectivity index (χ4n) is 4.96. The van der Waals surface area contributed by atoms with Crippen LogP contribution in [0.3, 0.4) is 0 Å². The first kappa shape index (κ1) is 26.5. The highest BCUT2D eigenvalue weighted by Gasteiger charge is 2.22. The van der Waals surface area contributed by atoms with Crippen molar-refractivity contribution >= 4 is 16.7 Å². The number of amides is 1. The summed E-state index contributed by atoms with van der Waals surface area (Å²) in [6.07, 6.45) is 6.79. The average molecular weight is 508 g/mol. The van der Waals surface area contributed by atoms with E-state index < -0.39 is 0 Å². The minimum Gasteiger partial charge on any atom is -0.493 e. The molecule has 0 atom stereocenters. The molecule has 198 valence electrons. The van der Waals surface area contributed by atoms with Crippen molar-refractivity contribution in [3.05, 3.63) is 53.3 Å². The summed E-state index contributed by atoms with van der Waals surface area (Å²) in [5.41, 5.74) is 3.36. The third kappa shape index (κ3) is 6.07. The monoisotopic (exact) mass is 507 g/mol. The van der Waals surface area contributed by atoms with E-state index in [1.807, 2.05) is 41.6 Å². The van der Waals surface area contributed by atoms with E-state index in [4.69, 9.17) is 18.9 Å². The first-order chi connectivity index (χ1) is 18.0. The maximum Gasteiger partial charge on any atom is 0.227 e. The van der Waals surface area contributed by atoms with Gasteiger partial charge in [0, 0.05) is 37.4 Å². The van der Waals surface area contributed by atoms with Gasteiger partial charge in [-0.1, -0.05) is 0 Å². The number of pyridine rings is 1. The summed E-state index contributed by atoms with van der Waals surface area (Å²) in [7, 11) is 8.68. The minimum atomic E-state index is 0.167. The molecule has 37 heavy (non-hydrogen) atoms. The topological polar surface area (TPSA) is 73.4 Å². The van der Waals surface area contributed by atoms with Crippen LogP contribution in [0.2, 0.25) is 0 Å². The summed E-state index contributed by atoms with van der Waals surface area (Å²) in [4.78, 5) is 21.7. The number of methoxy groups -OCH3 is 4. The second-order valence-corrected chi connectivity index (χ2v) is 9.42. The van der Waals surface area contributed by atoms with Gasteiger partial charge >= 0.3 is 0 Å². The van der Waals surface area contributed by atoms with E-state index in [1.54, 1.807) is 28.4 Å². The normalized spacial score (nSPS) is 13.5. The fourth-order valence-corrected chi connectivity index (χ4v) is 4.96. The zero-order valence-corrected chi connectivity index (χ0v) is 22.5. The van der Waals surface area contributed by atoms with E-state index in [0.29, 0.717) is 23.7 Å². The summed E-state index contributed by atoms with van der Waals surface area (Å²) in [6, 6.07) is 7.94. The van der Waals surface area contributed by atoms with Crippen LogP contribution in [-0.4, -0.2) is 82.4 Å². The Morgan fingerprint density at radius 1 is 0.865 bits per heavy atom. The molecule has 0 saturated heterocycles. The van der Waals surface area contributed by atoms with Gasteiger partial charge in [0.2, 0.25) is 5.91 Å². The number of hydrogen-bond donors (Lipinski definition) is 0. The molecule has 0 bridgehead atoms. The van der Waals surface area contributed by atoms with E-state index in [0.717, 1.165) is 73.1 Å². The van der Waals surface area contributed by atoms with Gasteiger partial charge in [-0.05, 0) is 79.2 Å². The standard InChI is InChI=1S/C29H37N3O5/c1-31(11-7-21-18-30-19-23-15-27(36-4)28(37-5)17-24(21)23)9-6-10-32-12-8-20-13-25(34-2)26(35-3)14-22(20)16-29(32)33/h13-15,17-19H,6-12,16H2,1-5H3. The van der Waals surface area contributed by atoms with Crippen molar-refractivity contribution in [2.24, 2.45) is 0 Å². The Morgan fingerprint density at radius 2 is 1.51 bits per heavy atom. The fraction of sp³-hybridized carbons (Fsp3) is 0.448. The molecule has 0 fully saturated rings. The van der Waals surface area contributed by atoms with Gasteiger partial charge in [0.25, 0.3) is 0 Å². The van der Waals surface area contributed by atoms with E-state index in [-0.39, 0.29) is 5.91 Å². The minimum absolute atomic E-state index is 0.167. The lowest BCUT2D eigenvalue weighted by atomic mass is 10.0. The van der Waals surface area contributed by atoms with E-state index in [9.17, 15) is 4.79 Å². The van der Waals surface area contributed by atoms with Crippen LogP contribution >= 0.6 is 0 Å². The quantitative estimate of drug-likeness (QED) is 0.391. The smallest absolute Gasteiger partial charge is 0.227 e. The van der Waals surface area contributed by atoms with Crippen molar-refractivity contribution in [1.82, 2.24) is 14.8 Å². The van der Waals surface area contributed by atoms with Crippen molar-refractivity contribution in [3.63, 3.8) is 0 Å². The Kier molecular flexibility index (Phi) is 8.71. The molecule has 1 aromatic heterocycles. The van der Waals surface area contributed by atoms with E-state index in [2.05, 4.69) is 16.9 Å². The predicted octanol–water partition coefficient (Wildman–Crippen LogP) is 3.76. The lowest BCUT2D eigenvalue weighted by molar-refractivity contribution is -0.130. The van der Waals surface area contributed by atoms with Gasteiger partial charge in [-0.25, -0.2) is 0 Å². The van der Waals surface area contributed by atoms with Gasteiger partial charge in [0.15, 0.2) is 23.0 Å². The number of aromatic nitrogens is 1. The number of carbonyl (C=O) groups excluding carboxylic acids is 1. The zero-order chi connectivity index (χ0) is 26.4. The van der Waals surface area contributed by atoms with Crippen LogP contribution in [-0.2, 0) is 24.1 Å². The molecule has 2 aromatic carbocycles. The summed E-state index contributed by atoms with van der Waals surface area (Å²) in [6.45, 7) is 3.28. The van der Waals surface area contributed by atoms with Crippen molar-refractivity contribution < 1.29 is 23.7 Å². The molecule has 0 radical (unpaired) electrons. The average Bonchev–Trinajstić information content (AvgIpc) is 3.07. The third-order valence-corrected chi connectivity index (χ3v) is 7.13. The Labute approximate surface area is 219 Å². The molecular formula is C29H37N3O5. The van der Waals surface area contributed by atoms with Gasteiger partial charge in [-0.3, -0.25) is 9.78 Å². The number of ether oxygens (including phenoxy) is 4. The number of likely N-dealkylation sites (N-methyl/N-ethyl adjacent to an activating group) is 1. The molecule has 0 aliphatic carbocycles. The number of fused-ring (bicyclic) bond motifs is 2. The molecule has 0 spiro atoms. The highest BCUT2D eigenvalue weighted by molar-refractivity contribution is 5.88. The van der Waals surface area contributed by atoms with Gasteiger partial charge in [0.05, 0.1) is 34.9 Å². The summed E-state index contributed by atoms with van der Waals surface area (Å²) in [5, 5.41) is 2.16. The second-order valence-electron chi connectivity index (χ2n) is 9.42. The van der Waals surface area contributed by atoms with Crippen LogP contribution in [0.5, 0.6) is 23.0 Å². The maximum absolute atomic E-state index is 13.0. The Balaban J connectivity index is 1.31. The first-order valence-electron chi connectivity index (χ1n) is 12.7. The van der Waals surface area contributed by atoms with Gasteiger partial charge in [-0.15, -0.1) is 0 Å². The lowest BCUT2D eigenvalue weighted by Gasteiger charge is -2.23. The number of hydrogen-bond acceptors (Lipinski definition) is 7. The highest BCUT2D eigenvalue weighted by atomic mass is 16.5. The zero-order valence-electron chi connectivity index (χ0n) is 22.5. The van der Waals surface area contributed by atoms with Crippen LogP contribution in [0, 0.1) is 0 Å². The van der Waals surface area contributed by atoms with Gasteiger partial charge in [0.1, 0.15) is 0 Å². The number of rotatable bonds is 11. The molecule has 1 amide bonds. The van der Waals surface area contributed by atoms with Crippen LogP contribution in [0.15, 0.2) is 36.7 Å². The molecule has 0 N–H and O–H groups in total. The van der Waals surface area contributed by atoms with Crippen LogP contribution in [0.4, 0.5) is 0 Å². The second kappa shape index (κ2) is 12.1. The lowest BCUT2D eigenvalue weighted by Crippen LogP contribution is -2.35. The number of benzene rings is 2. The summed E-state index contributed by atoms with van der Waals surface area (Å²) >= 11 is 0.